The molecule has 2 rings (SSSR count). The number of nitrogens with zero attached hydrogens (tertiary/aromatic N) is 4. The molecule has 0 radical (unpaired) electrons. The minimum absolute atomic E-state index is 0.185. The SMILES string of the molecule is CC(C)N1CCC(CNc2cnnc(Cl)n2)C1. The van der Waals surface area contributed by atoms with Gasteiger partial charge in [-0.05, 0) is 44.3 Å². The van der Waals surface area contributed by atoms with Crippen molar-refractivity contribution in [1.82, 2.24) is 20.1 Å². The Morgan fingerprint density at radius 1 is 1.59 bits per heavy atom. The molecule has 1 atom stereocenters. The molecule has 0 spiro atoms. The van der Waals surface area contributed by atoms with Crippen molar-refractivity contribution in [1.29, 1.82) is 0 Å². The van der Waals surface area contributed by atoms with Crippen molar-refractivity contribution in [2.75, 3.05) is 25.0 Å². The van der Waals surface area contributed by atoms with Crippen LogP contribution in [0.25, 0.3) is 0 Å². The third-order valence-corrected chi connectivity index (χ3v) is 3.31. The van der Waals surface area contributed by atoms with Gasteiger partial charge in [-0.2, -0.15) is 10.1 Å². The summed E-state index contributed by atoms with van der Waals surface area (Å²) in [5.41, 5.74) is 0. The Labute approximate surface area is 107 Å². The number of likely N-dealkylation sites (tertiary alicyclic amines) is 1. The van der Waals surface area contributed by atoms with Gasteiger partial charge in [-0.25, -0.2) is 0 Å². The lowest BCUT2D eigenvalue weighted by Crippen LogP contribution is -2.29. The summed E-state index contributed by atoms with van der Waals surface area (Å²) in [5, 5.41) is 10.8. The van der Waals surface area contributed by atoms with E-state index >= 15 is 0 Å². The Morgan fingerprint density at radius 3 is 3.06 bits per heavy atom. The van der Waals surface area contributed by atoms with Gasteiger partial charge >= 0.3 is 0 Å². The molecular formula is C11H18ClN5. The standard InChI is InChI=1S/C11H18ClN5/c1-8(2)17-4-3-9(7-17)5-13-10-6-14-16-11(12)15-10/h6,8-9H,3-5,7H2,1-2H3,(H,13,15,16). The van der Waals surface area contributed by atoms with Crippen LogP contribution >= 0.6 is 11.6 Å². The Bertz CT molecular complexity index is 371. The van der Waals surface area contributed by atoms with Crippen LogP contribution in [-0.2, 0) is 0 Å². The van der Waals surface area contributed by atoms with E-state index in [-0.39, 0.29) is 5.28 Å². The van der Waals surface area contributed by atoms with Gasteiger partial charge in [0.2, 0.25) is 5.28 Å². The first-order valence-corrected chi connectivity index (χ1v) is 6.36. The van der Waals surface area contributed by atoms with E-state index in [2.05, 4.69) is 39.2 Å². The average molecular weight is 256 g/mol. The molecule has 5 nitrogen and oxygen atoms in total. The molecule has 2 heterocycles. The van der Waals surface area contributed by atoms with E-state index in [4.69, 9.17) is 11.6 Å². The van der Waals surface area contributed by atoms with Crippen LogP contribution in [0.3, 0.4) is 0 Å². The van der Waals surface area contributed by atoms with Gasteiger partial charge in [-0.1, -0.05) is 0 Å². The highest BCUT2D eigenvalue weighted by atomic mass is 35.5. The van der Waals surface area contributed by atoms with Gasteiger partial charge in [-0.15, -0.1) is 5.10 Å². The summed E-state index contributed by atoms with van der Waals surface area (Å²) >= 11 is 5.67. The van der Waals surface area contributed by atoms with E-state index in [1.165, 1.54) is 13.0 Å². The average Bonchev–Trinajstić information content (AvgIpc) is 2.75. The molecule has 1 aliphatic heterocycles. The van der Waals surface area contributed by atoms with Crippen LogP contribution < -0.4 is 5.32 Å². The Morgan fingerprint density at radius 2 is 2.41 bits per heavy atom. The molecule has 0 bridgehead atoms. The summed E-state index contributed by atoms with van der Waals surface area (Å²) in [6, 6.07) is 0.634. The fourth-order valence-electron chi connectivity index (χ4n) is 2.11. The van der Waals surface area contributed by atoms with Gasteiger partial charge in [0.05, 0.1) is 6.20 Å². The number of halogens is 1. The monoisotopic (exact) mass is 255 g/mol. The highest BCUT2D eigenvalue weighted by molar-refractivity contribution is 6.28. The summed E-state index contributed by atoms with van der Waals surface area (Å²) in [5.74, 6) is 1.37. The van der Waals surface area contributed by atoms with Gasteiger partial charge in [-0.3, -0.25) is 0 Å². The lowest BCUT2D eigenvalue weighted by Gasteiger charge is -2.20. The van der Waals surface area contributed by atoms with Gasteiger partial charge in [0.25, 0.3) is 0 Å². The summed E-state index contributed by atoms with van der Waals surface area (Å²) < 4.78 is 0. The first-order valence-electron chi connectivity index (χ1n) is 5.98. The number of nitrogens with one attached hydrogen (secondary N) is 1. The Balaban J connectivity index is 1.80. The maximum atomic E-state index is 5.67. The van der Waals surface area contributed by atoms with Crippen LogP contribution in [0.5, 0.6) is 0 Å². The van der Waals surface area contributed by atoms with Crippen LogP contribution in [0.15, 0.2) is 6.20 Å². The summed E-state index contributed by atoms with van der Waals surface area (Å²) in [6.07, 6.45) is 2.83. The lowest BCUT2D eigenvalue weighted by atomic mass is 10.1. The normalized spacial score (nSPS) is 21.1. The zero-order valence-corrected chi connectivity index (χ0v) is 11.0. The van der Waals surface area contributed by atoms with E-state index in [0.29, 0.717) is 17.8 Å². The molecule has 1 saturated heterocycles. The fraction of sp³-hybridized carbons (Fsp3) is 0.727. The first kappa shape index (κ1) is 12.5. The van der Waals surface area contributed by atoms with Crippen molar-refractivity contribution >= 4 is 17.4 Å². The van der Waals surface area contributed by atoms with Crippen molar-refractivity contribution in [2.45, 2.75) is 26.3 Å². The number of anilines is 1. The van der Waals surface area contributed by atoms with E-state index in [0.717, 1.165) is 13.1 Å². The van der Waals surface area contributed by atoms with Gasteiger partial charge in [0.15, 0.2) is 0 Å². The summed E-state index contributed by atoms with van der Waals surface area (Å²) in [4.78, 5) is 6.55. The molecule has 6 heteroatoms. The molecule has 0 aliphatic carbocycles. The fourth-order valence-corrected chi connectivity index (χ4v) is 2.25. The molecule has 1 aromatic rings. The molecule has 1 aromatic heterocycles. The molecule has 1 aliphatic rings. The predicted molar refractivity (Wildman–Crippen MR) is 68.1 cm³/mol. The first-order chi connectivity index (χ1) is 8.15. The second-order valence-corrected chi connectivity index (χ2v) is 5.07. The Hall–Kier alpha value is -0.940. The molecule has 17 heavy (non-hydrogen) atoms. The van der Waals surface area contributed by atoms with Gasteiger partial charge in [0.1, 0.15) is 5.82 Å². The van der Waals surface area contributed by atoms with Crippen molar-refractivity contribution in [3.8, 4) is 0 Å². The zero-order chi connectivity index (χ0) is 12.3. The third kappa shape index (κ3) is 3.51. The minimum Gasteiger partial charge on any atom is -0.368 e. The third-order valence-electron chi connectivity index (χ3n) is 3.15. The second kappa shape index (κ2) is 5.60. The summed E-state index contributed by atoms with van der Waals surface area (Å²) in [7, 11) is 0. The van der Waals surface area contributed by atoms with Gasteiger partial charge in [0, 0.05) is 19.1 Å². The number of aromatic nitrogens is 3. The van der Waals surface area contributed by atoms with Crippen LogP contribution in [0.2, 0.25) is 5.28 Å². The van der Waals surface area contributed by atoms with Crippen LogP contribution in [0.1, 0.15) is 20.3 Å². The number of rotatable bonds is 4. The van der Waals surface area contributed by atoms with Crippen molar-refractivity contribution in [3.63, 3.8) is 0 Å². The second-order valence-electron chi connectivity index (χ2n) is 4.73. The van der Waals surface area contributed by atoms with E-state index < -0.39 is 0 Å². The molecule has 94 valence electrons. The molecule has 0 amide bonds. The van der Waals surface area contributed by atoms with Crippen molar-refractivity contribution in [3.05, 3.63) is 11.5 Å². The number of hydrogen-bond donors (Lipinski definition) is 1. The van der Waals surface area contributed by atoms with Gasteiger partial charge < -0.3 is 10.2 Å². The van der Waals surface area contributed by atoms with Crippen LogP contribution in [0, 0.1) is 5.92 Å². The number of hydrogen-bond acceptors (Lipinski definition) is 5. The molecule has 0 aromatic carbocycles. The van der Waals surface area contributed by atoms with Crippen molar-refractivity contribution < 1.29 is 0 Å². The van der Waals surface area contributed by atoms with Crippen LogP contribution in [-0.4, -0.2) is 45.8 Å². The maximum absolute atomic E-state index is 5.67. The van der Waals surface area contributed by atoms with Crippen molar-refractivity contribution in [2.24, 2.45) is 5.92 Å². The summed E-state index contributed by atoms with van der Waals surface area (Å²) in [6.45, 7) is 7.73. The highest BCUT2D eigenvalue weighted by Gasteiger charge is 2.23. The minimum atomic E-state index is 0.185. The largest absolute Gasteiger partial charge is 0.368 e. The Kier molecular flexibility index (Phi) is 4.12. The molecule has 1 unspecified atom stereocenters. The lowest BCUT2D eigenvalue weighted by molar-refractivity contribution is 0.266. The topological polar surface area (TPSA) is 53.9 Å². The predicted octanol–water partition coefficient (Wildman–Crippen LogP) is 1.67. The molecule has 1 N–H and O–H groups in total. The molecular weight excluding hydrogens is 238 g/mol. The van der Waals surface area contributed by atoms with E-state index in [9.17, 15) is 0 Å². The smallest absolute Gasteiger partial charge is 0.244 e. The quantitative estimate of drug-likeness (QED) is 0.887. The highest BCUT2D eigenvalue weighted by Crippen LogP contribution is 2.18. The molecule has 0 saturated carbocycles. The molecule has 1 fully saturated rings. The van der Waals surface area contributed by atoms with Crippen LogP contribution in [0.4, 0.5) is 5.82 Å². The van der Waals surface area contributed by atoms with E-state index in [1.807, 2.05) is 0 Å². The zero-order valence-electron chi connectivity index (χ0n) is 10.2. The van der Waals surface area contributed by atoms with E-state index in [1.54, 1.807) is 6.20 Å². The maximum Gasteiger partial charge on any atom is 0.244 e.